The van der Waals surface area contributed by atoms with Crippen molar-refractivity contribution in [3.63, 3.8) is 0 Å². The SMILES string of the molecule is CC(C)c1ccc2c(Nc3cc(C(=O)Nc4ccc(Br)cn4)ccc3Sc3ccc(NC(=O)NCc4ccsc4)cc3)ncnc2n1. The smallest absolute Gasteiger partial charge is 0.319 e. The number of amides is 3. The quantitative estimate of drug-likeness (QED) is 0.110. The number of anilines is 4. The van der Waals surface area contributed by atoms with Gasteiger partial charge in [0.15, 0.2) is 5.65 Å². The fourth-order valence-corrected chi connectivity index (χ4v) is 6.27. The minimum Gasteiger partial charge on any atom is -0.339 e. The van der Waals surface area contributed by atoms with Crippen molar-refractivity contribution in [1.29, 1.82) is 0 Å². The van der Waals surface area contributed by atoms with E-state index >= 15 is 0 Å². The van der Waals surface area contributed by atoms with Gasteiger partial charge in [-0.2, -0.15) is 11.3 Å². The van der Waals surface area contributed by atoms with Crippen LogP contribution in [0.5, 0.6) is 0 Å². The number of fused-ring (bicyclic) bond motifs is 1. The summed E-state index contributed by atoms with van der Waals surface area (Å²) in [5.41, 5.74) is 4.37. The van der Waals surface area contributed by atoms with E-state index in [9.17, 15) is 9.59 Å². The van der Waals surface area contributed by atoms with Gasteiger partial charge >= 0.3 is 6.03 Å². The molecule has 0 aliphatic heterocycles. The number of thiophene rings is 1. The first-order chi connectivity index (χ1) is 22.8. The van der Waals surface area contributed by atoms with Gasteiger partial charge < -0.3 is 21.3 Å². The molecule has 0 unspecified atom stereocenters. The summed E-state index contributed by atoms with van der Waals surface area (Å²) in [4.78, 5) is 45.3. The number of carbonyl (C=O) groups excluding carboxylic acids is 2. The van der Waals surface area contributed by atoms with Crippen molar-refractivity contribution in [2.75, 3.05) is 16.0 Å². The predicted octanol–water partition coefficient (Wildman–Crippen LogP) is 8.84. The van der Waals surface area contributed by atoms with E-state index in [2.05, 4.69) is 66.0 Å². The highest BCUT2D eigenvalue weighted by Gasteiger charge is 2.15. The molecule has 3 amide bonds. The highest BCUT2D eigenvalue weighted by Crippen LogP contribution is 2.37. The van der Waals surface area contributed by atoms with E-state index in [-0.39, 0.29) is 17.9 Å². The van der Waals surface area contributed by atoms with Crippen molar-refractivity contribution in [2.24, 2.45) is 0 Å². The Labute approximate surface area is 288 Å². The molecular weight excluding hydrogens is 696 g/mol. The van der Waals surface area contributed by atoms with E-state index in [0.29, 0.717) is 40.8 Å². The van der Waals surface area contributed by atoms with Gasteiger partial charge in [0.05, 0.1) is 11.1 Å². The number of hydrogen-bond acceptors (Lipinski definition) is 9. The maximum atomic E-state index is 13.3. The first-order valence-electron chi connectivity index (χ1n) is 14.6. The number of halogens is 1. The summed E-state index contributed by atoms with van der Waals surface area (Å²) in [5, 5.41) is 16.8. The molecule has 0 fully saturated rings. The van der Waals surface area contributed by atoms with Crippen LogP contribution in [0.1, 0.15) is 41.4 Å². The lowest BCUT2D eigenvalue weighted by molar-refractivity contribution is 0.102. The number of pyridine rings is 2. The Balaban J connectivity index is 1.24. The molecule has 4 heterocycles. The Morgan fingerprint density at radius 1 is 0.936 bits per heavy atom. The number of urea groups is 1. The minimum absolute atomic E-state index is 0.256. The molecule has 0 aliphatic carbocycles. The van der Waals surface area contributed by atoms with Crippen molar-refractivity contribution >= 4 is 85.0 Å². The topological polar surface area (TPSA) is 134 Å². The molecule has 4 N–H and O–H groups in total. The van der Waals surface area contributed by atoms with Crippen LogP contribution in [0.25, 0.3) is 11.0 Å². The van der Waals surface area contributed by atoms with Crippen LogP contribution in [-0.4, -0.2) is 31.9 Å². The number of carbonyl (C=O) groups is 2. The molecule has 0 bridgehead atoms. The van der Waals surface area contributed by atoms with Gasteiger partial charge in [-0.1, -0.05) is 25.6 Å². The molecule has 4 aromatic heterocycles. The van der Waals surface area contributed by atoms with Crippen molar-refractivity contribution in [2.45, 2.75) is 36.1 Å². The molecule has 0 spiro atoms. The zero-order valence-electron chi connectivity index (χ0n) is 25.3. The second-order valence-corrected chi connectivity index (χ2v) is 13.5. The van der Waals surface area contributed by atoms with Gasteiger partial charge in [-0.3, -0.25) is 4.79 Å². The normalized spacial score (nSPS) is 11.0. The second-order valence-electron chi connectivity index (χ2n) is 10.7. The summed E-state index contributed by atoms with van der Waals surface area (Å²) in [5.74, 6) is 0.961. The molecule has 0 saturated heterocycles. The fraction of sp³-hybridized carbons (Fsp3) is 0.118. The molecule has 6 aromatic rings. The molecule has 0 radical (unpaired) electrons. The molecule has 0 saturated carbocycles. The third-order valence-electron chi connectivity index (χ3n) is 6.95. The number of benzene rings is 2. The van der Waals surface area contributed by atoms with Crippen molar-refractivity contribution in [3.05, 3.63) is 117 Å². The molecular formula is C34H29BrN8O2S2. The second kappa shape index (κ2) is 14.7. The lowest BCUT2D eigenvalue weighted by Crippen LogP contribution is -2.27. The predicted molar refractivity (Wildman–Crippen MR) is 192 cm³/mol. The van der Waals surface area contributed by atoms with Crippen molar-refractivity contribution in [3.8, 4) is 0 Å². The van der Waals surface area contributed by atoms with Gasteiger partial charge in [-0.25, -0.2) is 24.7 Å². The number of nitrogens with zero attached hydrogens (tertiary/aromatic N) is 4. The van der Waals surface area contributed by atoms with Gasteiger partial charge in [0, 0.05) is 44.0 Å². The lowest BCUT2D eigenvalue weighted by atomic mass is 10.1. The molecule has 0 aliphatic rings. The highest BCUT2D eigenvalue weighted by atomic mass is 79.9. The number of nitrogens with one attached hydrogen (secondary N) is 4. The number of rotatable bonds is 10. The van der Waals surface area contributed by atoms with E-state index in [1.54, 1.807) is 35.7 Å². The Morgan fingerprint density at radius 3 is 2.53 bits per heavy atom. The largest absolute Gasteiger partial charge is 0.339 e. The first-order valence-corrected chi connectivity index (χ1v) is 17.2. The lowest BCUT2D eigenvalue weighted by Gasteiger charge is -2.15. The van der Waals surface area contributed by atoms with Crippen LogP contribution in [0.15, 0.2) is 110 Å². The average Bonchev–Trinajstić information content (AvgIpc) is 3.60. The van der Waals surface area contributed by atoms with Crippen LogP contribution < -0.4 is 21.3 Å². The standard InChI is InChI=1S/C34H29BrN8O2S2/c1-20(2)27-10-9-26-31(41-27)38-19-39-32(26)42-28-15-22(33(44)43-30-12-4-23(35)17-36-30)3-11-29(28)47-25-7-5-24(6-8-25)40-34(45)37-16-21-13-14-46-18-21/h3-15,17-20H,16H2,1-2H3,(H,36,43,44)(H2,37,40,45)(H,38,39,41,42). The molecule has 0 atom stereocenters. The Morgan fingerprint density at radius 2 is 1.79 bits per heavy atom. The van der Waals surface area contributed by atoms with Crippen LogP contribution in [0, 0.1) is 0 Å². The van der Waals surface area contributed by atoms with Crippen molar-refractivity contribution in [1.82, 2.24) is 25.3 Å². The van der Waals surface area contributed by atoms with E-state index in [0.717, 1.165) is 30.9 Å². The van der Waals surface area contributed by atoms with Gasteiger partial charge in [0.1, 0.15) is 18.0 Å². The molecule has 236 valence electrons. The maximum absolute atomic E-state index is 13.3. The summed E-state index contributed by atoms with van der Waals surface area (Å²) in [7, 11) is 0. The van der Waals surface area contributed by atoms with Crippen LogP contribution in [-0.2, 0) is 6.54 Å². The van der Waals surface area contributed by atoms with Gasteiger partial charge in [0.2, 0.25) is 0 Å². The number of hydrogen-bond donors (Lipinski definition) is 4. The van der Waals surface area contributed by atoms with E-state index in [4.69, 9.17) is 4.98 Å². The molecule has 6 rings (SSSR count). The maximum Gasteiger partial charge on any atom is 0.319 e. The summed E-state index contributed by atoms with van der Waals surface area (Å²) in [6.45, 7) is 4.63. The van der Waals surface area contributed by atoms with Crippen LogP contribution in [0.4, 0.5) is 27.8 Å². The van der Waals surface area contributed by atoms with Crippen molar-refractivity contribution < 1.29 is 9.59 Å². The first kappa shape index (κ1) is 32.1. The minimum atomic E-state index is -0.303. The monoisotopic (exact) mass is 724 g/mol. The summed E-state index contributed by atoms with van der Waals surface area (Å²) in [6.07, 6.45) is 3.10. The molecule has 13 heteroatoms. The fourth-order valence-electron chi connectivity index (χ4n) is 4.49. The zero-order valence-corrected chi connectivity index (χ0v) is 28.5. The summed E-state index contributed by atoms with van der Waals surface area (Å²) >= 11 is 6.47. The number of aromatic nitrogens is 4. The third kappa shape index (κ3) is 8.30. The van der Waals surface area contributed by atoms with E-state index in [1.807, 2.05) is 65.4 Å². The average molecular weight is 726 g/mol. The van der Waals surface area contributed by atoms with E-state index < -0.39 is 0 Å². The van der Waals surface area contributed by atoms with Gasteiger partial charge in [0.25, 0.3) is 5.91 Å². The van der Waals surface area contributed by atoms with Gasteiger partial charge in [-0.15, -0.1) is 0 Å². The third-order valence-corrected chi connectivity index (χ3v) is 9.23. The molecule has 47 heavy (non-hydrogen) atoms. The molecule has 10 nitrogen and oxygen atoms in total. The zero-order chi connectivity index (χ0) is 32.8. The highest BCUT2D eigenvalue weighted by molar-refractivity contribution is 9.10. The summed E-state index contributed by atoms with van der Waals surface area (Å²) in [6, 6.07) is 22.2. The van der Waals surface area contributed by atoms with Crippen LogP contribution >= 0.6 is 39.0 Å². The molecule has 2 aromatic carbocycles. The van der Waals surface area contributed by atoms with Crippen LogP contribution in [0.3, 0.4) is 0 Å². The Kier molecular flexibility index (Phi) is 10.0. The van der Waals surface area contributed by atoms with Gasteiger partial charge in [-0.05, 0) is 111 Å². The van der Waals surface area contributed by atoms with E-state index in [1.165, 1.54) is 18.1 Å². The summed E-state index contributed by atoms with van der Waals surface area (Å²) < 4.78 is 0.816. The van der Waals surface area contributed by atoms with Crippen LogP contribution in [0.2, 0.25) is 0 Å². The Hall–Kier alpha value is -4.85. The Bertz CT molecular complexity index is 2020.